The number of hydrogen-bond donors (Lipinski definition) is 0. The van der Waals surface area contributed by atoms with Crippen molar-refractivity contribution in [3.05, 3.63) is 120 Å². The predicted molar refractivity (Wildman–Crippen MR) is 225 cm³/mol. The first-order valence-electron chi connectivity index (χ1n) is 20.0. The van der Waals surface area contributed by atoms with E-state index in [1.165, 1.54) is 0 Å². The van der Waals surface area contributed by atoms with Crippen LogP contribution in [0.25, 0.3) is 55.4 Å². The molecule has 6 rings (SSSR count). The van der Waals surface area contributed by atoms with Crippen LogP contribution >= 0.6 is 0 Å². The second kappa shape index (κ2) is 18.6. The second-order valence-corrected chi connectivity index (χ2v) is 14.3. The Morgan fingerprint density at radius 2 is 0.796 bits per heavy atom. The standard InChI is InChI=1S/C48H54N4O2/c1-5-9-27-51(28-10-6-2)47(53)41-33-45(35-19-15-13-16-20-35)49-43-25-23-37(31-39(41)43)38-24-26-44-40(32-38)42(34-46(50-44)36-21-17-14-18-22-36)48(54)52(29-11-7-3)30-12-8-4/h13-26,31-34H,5-12,27-30H2,1-4H3. The summed E-state index contributed by atoms with van der Waals surface area (Å²) in [6.45, 7) is 11.6. The molecule has 4 aromatic carbocycles. The van der Waals surface area contributed by atoms with E-state index in [4.69, 9.17) is 9.97 Å². The first-order chi connectivity index (χ1) is 26.4. The highest BCUT2D eigenvalue weighted by Crippen LogP contribution is 2.34. The van der Waals surface area contributed by atoms with Gasteiger partial charge in [0.25, 0.3) is 11.8 Å². The molecule has 54 heavy (non-hydrogen) atoms. The molecule has 0 saturated carbocycles. The largest absolute Gasteiger partial charge is 0.339 e. The van der Waals surface area contributed by atoms with Gasteiger partial charge in [-0.3, -0.25) is 9.59 Å². The van der Waals surface area contributed by atoms with Gasteiger partial charge in [0.05, 0.1) is 33.5 Å². The minimum absolute atomic E-state index is 0.0434. The van der Waals surface area contributed by atoms with Crippen LogP contribution in [0.15, 0.2) is 109 Å². The van der Waals surface area contributed by atoms with Crippen LogP contribution in [0.3, 0.4) is 0 Å². The molecule has 0 saturated heterocycles. The number of hydrogen-bond acceptors (Lipinski definition) is 4. The van der Waals surface area contributed by atoms with Crippen LogP contribution in [0.5, 0.6) is 0 Å². The molecule has 2 aromatic heterocycles. The maximum absolute atomic E-state index is 14.5. The highest BCUT2D eigenvalue weighted by Gasteiger charge is 2.23. The second-order valence-electron chi connectivity index (χ2n) is 14.3. The van der Waals surface area contributed by atoms with Gasteiger partial charge in [-0.05, 0) is 73.2 Å². The Hall–Kier alpha value is -5.36. The lowest BCUT2D eigenvalue weighted by molar-refractivity contribution is 0.0745. The van der Waals surface area contributed by atoms with Crippen molar-refractivity contribution in [3.8, 4) is 33.6 Å². The summed E-state index contributed by atoms with van der Waals surface area (Å²) >= 11 is 0. The number of benzene rings is 4. The van der Waals surface area contributed by atoms with Gasteiger partial charge in [0.1, 0.15) is 0 Å². The Kier molecular flexibility index (Phi) is 13.2. The number of aromatic nitrogens is 2. The lowest BCUT2D eigenvalue weighted by Crippen LogP contribution is -2.33. The average molecular weight is 719 g/mol. The summed E-state index contributed by atoms with van der Waals surface area (Å²) < 4.78 is 0. The minimum Gasteiger partial charge on any atom is -0.339 e. The number of fused-ring (bicyclic) bond motifs is 2. The first-order valence-corrected chi connectivity index (χ1v) is 20.0. The van der Waals surface area contributed by atoms with E-state index in [1.807, 2.05) is 94.7 Å². The fourth-order valence-electron chi connectivity index (χ4n) is 7.04. The Morgan fingerprint density at radius 3 is 1.13 bits per heavy atom. The van der Waals surface area contributed by atoms with Crippen LogP contribution in [-0.2, 0) is 0 Å². The van der Waals surface area contributed by atoms with E-state index < -0.39 is 0 Å². The van der Waals surface area contributed by atoms with Crippen molar-refractivity contribution in [1.29, 1.82) is 0 Å². The summed E-state index contributed by atoms with van der Waals surface area (Å²) in [7, 11) is 0. The van der Waals surface area contributed by atoms with Gasteiger partial charge >= 0.3 is 0 Å². The van der Waals surface area contributed by atoms with Crippen LogP contribution in [0, 0.1) is 0 Å². The molecule has 0 aliphatic carbocycles. The molecule has 0 spiro atoms. The van der Waals surface area contributed by atoms with Crippen molar-refractivity contribution in [1.82, 2.24) is 19.8 Å². The molecule has 0 N–H and O–H groups in total. The van der Waals surface area contributed by atoms with Gasteiger partial charge in [-0.25, -0.2) is 9.97 Å². The lowest BCUT2D eigenvalue weighted by Gasteiger charge is -2.24. The van der Waals surface area contributed by atoms with Crippen molar-refractivity contribution in [2.45, 2.75) is 79.1 Å². The van der Waals surface area contributed by atoms with Gasteiger partial charge in [-0.1, -0.05) is 126 Å². The maximum Gasteiger partial charge on any atom is 0.254 e. The van der Waals surface area contributed by atoms with Gasteiger partial charge in [0, 0.05) is 48.1 Å². The molecule has 0 bridgehead atoms. The van der Waals surface area contributed by atoms with Crippen LogP contribution in [-0.4, -0.2) is 57.8 Å². The lowest BCUT2D eigenvalue weighted by atomic mass is 9.95. The van der Waals surface area contributed by atoms with Crippen LogP contribution < -0.4 is 0 Å². The van der Waals surface area contributed by atoms with E-state index in [1.54, 1.807) is 0 Å². The van der Waals surface area contributed by atoms with E-state index in [9.17, 15) is 9.59 Å². The van der Waals surface area contributed by atoms with Crippen molar-refractivity contribution in [3.63, 3.8) is 0 Å². The third kappa shape index (κ3) is 8.87. The summed E-state index contributed by atoms with van der Waals surface area (Å²) in [6, 6.07) is 36.5. The van der Waals surface area contributed by atoms with Gasteiger partial charge in [-0.15, -0.1) is 0 Å². The Labute approximate surface area is 321 Å². The zero-order valence-corrected chi connectivity index (χ0v) is 32.5. The van der Waals surface area contributed by atoms with Crippen molar-refractivity contribution < 1.29 is 9.59 Å². The molecule has 0 aliphatic rings. The number of nitrogens with zero attached hydrogens (tertiary/aromatic N) is 4. The van der Waals surface area contributed by atoms with Gasteiger partial charge < -0.3 is 9.80 Å². The van der Waals surface area contributed by atoms with E-state index >= 15 is 0 Å². The Balaban J connectivity index is 1.50. The fraction of sp³-hybridized carbons (Fsp3) is 0.333. The van der Waals surface area contributed by atoms with Gasteiger partial charge in [-0.2, -0.15) is 0 Å². The maximum atomic E-state index is 14.5. The van der Waals surface area contributed by atoms with Crippen molar-refractivity contribution >= 4 is 33.6 Å². The molecular formula is C48H54N4O2. The quantitative estimate of drug-likeness (QED) is 0.0941. The number of carbonyl (C=O) groups excluding carboxylic acids is 2. The normalized spacial score (nSPS) is 11.3. The number of pyridine rings is 2. The monoisotopic (exact) mass is 718 g/mol. The zero-order valence-electron chi connectivity index (χ0n) is 32.5. The SMILES string of the molecule is CCCCN(CCCC)C(=O)c1cc(-c2ccccc2)nc2ccc(-c3ccc4nc(-c5ccccc5)cc(C(=O)N(CCCC)CCCC)c4c3)cc12. The van der Waals surface area contributed by atoms with Crippen LogP contribution in [0.4, 0.5) is 0 Å². The molecule has 0 aliphatic heterocycles. The van der Waals surface area contributed by atoms with Crippen molar-refractivity contribution in [2.75, 3.05) is 26.2 Å². The first kappa shape index (κ1) is 38.4. The third-order valence-electron chi connectivity index (χ3n) is 10.3. The molecule has 0 atom stereocenters. The molecule has 2 heterocycles. The molecule has 0 fully saturated rings. The molecular weight excluding hydrogens is 665 g/mol. The fourth-order valence-corrected chi connectivity index (χ4v) is 7.04. The van der Waals surface area contributed by atoms with E-state index in [-0.39, 0.29) is 11.8 Å². The summed E-state index contributed by atoms with van der Waals surface area (Å²) in [5.74, 6) is 0.0869. The third-order valence-corrected chi connectivity index (χ3v) is 10.3. The highest BCUT2D eigenvalue weighted by atomic mass is 16.2. The molecule has 2 amide bonds. The smallest absolute Gasteiger partial charge is 0.254 e. The number of amides is 2. The molecule has 0 radical (unpaired) electrons. The van der Waals surface area contributed by atoms with Crippen LogP contribution in [0.1, 0.15) is 99.8 Å². The van der Waals surface area contributed by atoms with E-state index in [0.717, 1.165) is 133 Å². The highest BCUT2D eigenvalue weighted by molar-refractivity contribution is 6.10. The van der Waals surface area contributed by atoms with E-state index in [0.29, 0.717) is 11.1 Å². The number of unbranched alkanes of at least 4 members (excludes halogenated alkanes) is 4. The minimum atomic E-state index is 0.0434. The molecule has 6 aromatic rings. The van der Waals surface area contributed by atoms with Gasteiger partial charge in [0.2, 0.25) is 0 Å². The molecule has 278 valence electrons. The number of rotatable bonds is 17. The molecule has 0 unspecified atom stereocenters. The molecule has 6 nitrogen and oxygen atoms in total. The zero-order chi connectivity index (χ0) is 37.9. The summed E-state index contributed by atoms with van der Waals surface area (Å²) in [5, 5.41) is 1.66. The Bertz CT molecular complexity index is 2010. The summed E-state index contributed by atoms with van der Waals surface area (Å²) in [5.41, 5.74) is 8.35. The summed E-state index contributed by atoms with van der Waals surface area (Å²) in [4.78, 5) is 43.2. The Morgan fingerprint density at radius 1 is 0.444 bits per heavy atom. The van der Waals surface area contributed by atoms with Crippen molar-refractivity contribution in [2.24, 2.45) is 0 Å². The predicted octanol–water partition coefficient (Wildman–Crippen LogP) is 11.9. The van der Waals surface area contributed by atoms with E-state index in [2.05, 4.69) is 52.0 Å². The topological polar surface area (TPSA) is 66.4 Å². The van der Waals surface area contributed by atoms with Gasteiger partial charge in [0.15, 0.2) is 0 Å². The summed E-state index contributed by atoms with van der Waals surface area (Å²) in [6.07, 6.45) is 7.93. The molecule has 6 heteroatoms. The average Bonchev–Trinajstić information content (AvgIpc) is 3.22. The number of carbonyl (C=O) groups is 2. The van der Waals surface area contributed by atoms with Crippen LogP contribution in [0.2, 0.25) is 0 Å².